The molecule has 2 rings (SSSR count). The normalized spacial score (nSPS) is 16.6. The average molecular weight is 307 g/mol. The van der Waals surface area contributed by atoms with Crippen molar-refractivity contribution >= 4 is 17.6 Å². The summed E-state index contributed by atoms with van der Waals surface area (Å²) in [4.78, 5) is 23.5. The van der Waals surface area contributed by atoms with Crippen LogP contribution in [-0.4, -0.2) is 36.0 Å². The molecule has 0 unspecified atom stereocenters. The fourth-order valence-corrected chi connectivity index (χ4v) is 1.77. The van der Waals surface area contributed by atoms with Gasteiger partial charge < -0.3 is 24.6 Å². The second-order valence-corrected chi connectivity index (χ2v) is 4.98. The number of benzene rings is 1. The van der Waals surface area contributed by atoms with Crippen LogP contribution in [0.4, 0.5) is 5.69 Å². The Morgan fingerprint density at radius 1 is 1.27 bits per heavy atom. The highest BCUT2D eigenvalue weighted by molar-refractivity contribution is 6.15. The van der Waals surface area contributed by atoms with E-state index in [0.717, 1.165) is 0 Å². The summed E-state index contributed by atoms with van der Waals surface area (Å²) in [5.74, 6) is -2.21. The van der Waals surface area contributed by atoms with Gasteiger partial charge in [-0.3, -0.25) is 0 Å². The van der Waals surface area contributed by atoms with E-state index in [2.05, 4.69) is 5.32 Å². The van der Waals surface area contributed by atoms with Crippen molar-refractivity contribution < 1.29 is 28.9 Å². The van der Waals surface area contributed by atoms with Crippen molar-refractivity contribution in [3.63, 3.8) is 0 Å². The predicted molar refractivity (Wildman–Crippen MR) is 77.0 cm³/mol. The van der Waals surface area contributed by atoms with E-state index in [9.17, 15) is 9.59 Å². The Bertz CT molecular complexity index is 586. The van der Waals surface area contributed by atoms with Gasteiger partial charge in [0.1, 0.15) is 12.4 Å². The number of anilines is 1. The summed E-state index contributed by atoms with van der Waals surface area (Å²) < 4.78 is 15.2. The van der Waals surface area contributed by atoms with Gasteiger partial charge in [-0.1, -0.05) is 6.07 Å². The number of hydrogen-bond donors (Lipinski definition) is 2. The average Bonchev–Trinajstić information content (AvgIpc) is 2.43. The molecule has 118 valence electrons. The molecule has 1 aromatic carbocycles. The van der Waals surface area contributed by atoms with E-state index in [1.807, 2.05) is 0 Å². The minimum Gasteiger partial charge on any atom is -0.491 e. The van der Waals surface area contributed by atoms with Crippen molar-refractivity contribution in [2.45, 2.75) is 19.6 Å². The minimum atomic E-state index is -1.26. The first-order chi connectivity index (χ1) is 10.4. The molecule has 7 heteroatoms. The Labute approximate surface area is 127 Å². The lowest BCUT2D eigenvalue weighted by atomic mass is 10.2. The molecule has 7 nitrogen and oxygen atoms in total. The van der Waals surface area contributed by atoms with Crippen molar-refractivity contribution in [1.82, 2.24) is 0 Å². The maximum Gasteiger partial charge on any atom is 0.350 e. The molecule has 0 spiro atoms. The number of nitrogens with one attached hydrogen (secondary N) is 1. The van der Waals surface area contributed by atoms with Gasteiger partial charge in [-0.2, -0.15) is 0 Å². The summed E-state index contributed by atoms with van der Waals surface area (Å²) in [5, 5.41) is 11.5. The fourth-order valence-electron chi connectivity index (χ4n) is 1.77. The van der Waals surface area contributed by atoms with Gasteiger partial charge in [0.05, 0.1) is 6.61 Å². The van der Waals surface area contributed by atoms with Crippen LogP contribution in [0.2, 0.25) is 0 Å². The Hall–Kier alpha value is -2.54. The Morgan fingerprint density at radius 2 is 1.95 bits per heavy atom. The zero-order valence-electron chi connectivity index (χ0n) is 12.3. The molecule has 1 aromatic rings. The van der Waals surface area contributed by atoms with Gasteiger partial charge in [0.25, 0.3) is 5.79 Å². The number of aliphatic hydroxyl groups is 1. The molecular formula is C15H17NO6. The van der Waals surface area contributed by atoms with Gasteiger partial charge in [0, 0.05) is 31.8 Å². The first-order valence-electron chi connectivity index (χ1n) is 6.68. The maximum absolute atomic E-state index is 11.8. The van der Waals surface area contributed by atoms with Crippen molar-refractivity contribution in [2.24, 2.45) is 0 Å². The molecule has 1 aliphatic heterocycles. The van der Waals surface area contributed by atoms with E-state index < -0.39 is 17.7 Å². The highest BCUT2D eigenvalue weighted by Crippen LogP contribution is 2.23. The van der Waals surface area contributed by atoms with Gasteiger partial charge in [0.2, 0.25) is 0 Å². The van der Waals surface area contributed by atoms with Crippen LogP contribution in [0.25, 0.3) is 0 Å². The molecule has 1 fully saturated rings. The molecule has 0 atom stereocenters. The van der Waals surface area contributed by atoms with Gasteiger partial charge in [0.15, 0.2) is 5.57 Å². The smallest absolute Gasteiger partial charge is 0.350 e. The first-order valence-corrected chi connectivity index (χ1v) is 6.68. The highest BCUT2D eigenvalue weighted by atomic mass is 16.7. The zero-order chi connectivity index (χ0) is 16.2. The molecule has 1 aliphatic rings. The van der Waals surface area contributed by atoms with Crippen LogP contribution in [0.15, 0.2) is 36.0 Å². The lowest BCUT2D eigenvalue weighted by Gasteiger charge is -2.29. The molecule has 0 aromatic heterocycles. The molecular weight excluding hydrogens is 290 g/mol. The van der Waals surface area contributed by atoms with Crippen LogP contribution in [0.1, 0.15) is 13.8 Å². The van der Waals surface area contributed by atoms with Crippen LogP contribution < -0.4 is 10.1 Å². The van der Waals surface area contributed by atoms with E-state index >= 15 is 0 Å². The number of carbonyl (C=O) groups excluding carboxylic acids is 2. The number of carbonyl (C=O) groups is 2. The zero-order valence-corrected chi connectivity index (χ0v) is 12.3. The minimum absolute atomic E-state index is 0.0881. The van der Waals surface area contributed by atoms with E-state index in [1.165, 1.54) is 20.0 Å². The molecule has 1 saturated heterocycles. The molecule has 1 heterocycles. The summed E-state index contributed by atoms with van der Waals surface area (Å²) >= 11 is 0. The lowest BCUT2D eigenvalue weighted by molar-refractivity contribution is -0.222. The van der Waals surface area contributed by atoms with Crippen molar-refractivity contribution in [1.29, 1.82) is 0 Å². The van der Waals surface area contributed by atoms with E-state index in [1.54, 1.807) is 24.3 Å². The third-order valence-corrected chi connectivity index (χ3v) is 2.69. The molecule has 0 radical (unpaired) electrons. The summed E-state index contributed by atoms with van der Waals surface area (Å²) in [7, 11) is 0. The third-order valence-electron chi connectivity index (χ3n) is 2.69. The van der Waals surface area contributed by atoms with Crippen molar-refractivity contribution in [2.75, 3.05) is 18.5 Å². The Morgan fingerprint density at radius 3 is 2.59 bits per heavy atom. The molecule has 0 bridgehead atoms. The number of rotatable bonds is 5. The number of esters is 2. The van der Waals surface area contributed by atoms with Gasteiger partial charge in [-0.25, -0.2) is 9.59 Å². The van der Waals surface area contributed by atoms with Crippen LogP contribution in [0.3, 0.4) is 0 Å². The molecule has 22 heavy (non-hydrogen) atoms. The van der Waals surface area contributed by atoms with Gasteiger partial charge >= 0.3 is 11.9 Å². The monoisotopic (exact) mass is 307 g/mol. The fraction of sp³-hybridized carbons (Fsp3) is 0.333. The molecule has 0 amide bonds. The predicted octanol–water partition coefficient (Wildman–Crippen LogP) is 1.19. The number of ether oxygens (including phenoxy) is 3. The Kier molecular flexibility index (Phi) is 4.67. The molecule has 2 N–H and O–H groups in total. The SMILES string of the molecule is CC1(C)OC(=O)C(=CNc2cccc(OCCO)c2)C(=O)O1. The van der Waals surface area contributed by atoms with Gasteiger partial charge in [-0.15, -0.1) is 0 Å². The highest BCUT2D eigenvalue weighted by Gasteiger charge is 2.38. The van der Waals surface area contributed by atoms with Crippen LogP contribution in [0, 0.1) is 0 Å². The Balaban J connectivity index is 2.08. The van der Waals surface area contributed by atoms with Crippen LogP contribution >= 0.6 is 0 Å². The topological polar surface area (TPSA) is 94.1 Å². The third kappa shape index (κ3) is 3.98. The van der Waals surface area contributed by atoms with E-state index in [0.29, 0.717) is 11.4 Å². The quantitative estimate of drug-likeness (QED) is 0.479. The summed E-state index contributed by atoms with van der Waals surface area (Å²) in [6.07, 6.45) is 1.23. The van der Waals surface area contributed by atoms with Gasteiger partial charge in [-0.05, 0) is 12.1 Å². The van der Waals surface area contributed by atoms with Crippen molar-refractivity contribution in [3.8, 4) is 5.75 Å². The van der Waals surface area contributed by atoms with E-state index in [4.69, 9.17) is 19.3 Å². The summed E-state index contributed by atoms with van der Waals surface area (Å²) in [5.41, 5.74) is 0.384. The second kappa shape index (κ2) is 6.48. The molecule has 0 saturated carbocycles. The van der Waals surface area contributed by atoms with Crippen LogP contribution in [0.5, 0.6) is 5.75 Å². The number of cyclic esters (lactones) is 2. The first kappa shape index (κ1) is 15.8. The molecule has 0 aliphatic carbocycles. The largest absolute Gasteiger partial charge is 0.491 e. The van der Waals surface area contributed by atoms with E-state index in [-0.39, 0.29) is 18.8 Å². The number of aliphatic hydroxyl groups excluding tert-OH is 1. The number of hydrogen-bond acceptors (Lipinski definition) is 7. The standard InChI is InChI=1S/C15H17NO6/c1-15(2)21-13(18)12(14(19)22-15)9-16-10-4-3-5-11(8-10)20-7-6-17/h3-5,8-9,16-17H,6-7H2,1-2H3. The second-order valence-electron chi connectivity index (χ2n) is 4.98. The summed E-state index contributed by atoms with van der Waals surface area (Å²) in [6, 6.07) is 6.84. The maximum atomic E-state index is 11.8. The van der Waals surface area contributed by atoms with Crippen molar-refractivity contribution in [3.05, 3.63) is 36.0 Å². The van der Waals surface area contributed by atoms with Crippen LogP contribution in [-0.2, 0) is 19.1 Å². The lowest BCUT2D eigenvalue weighted by Crippen LogP contribution is -2.42. The summed E-state index contributed by atoms with van der Waals surface area (Å²) in [6.45, 7) is 3.05.